The average Bonchev–Trinajstić information content (AvgIpc) is 3.74. The Morgan fingerprint density at radius 3 is 2.22 bits per heavy atom. The van der Waals surface area contributed by atoms with Crippen molar-refractivity contribution in [2.45, 2.75) is 12.3 Å². The summed E-state index contributed by atoms with van der Waals surface area (Å²) in [5.74, 6) is 0.309. The van der Waals surface area contributed by atoms with Gasteiger partial charge in [-0.15, -0.1) is 11.3 Å². The topological polar surface area (TPSA) is 6.48 Å². The smallest absolute Gasteiger partial charge is 0.0640 e. The number of hydrogen-bond acceptors (Lipinski definition) is 3. The zero-order valence-electron chi connectivity index (χ0n) is 27.8. The van der Waals surface area contributed by atoms with E-state index in [9.17, 15) is 0 Å². The molecule has 0 bridgehead atoms. The molecule has 0 spiro atoms. The lowest BCUT2D eigenvalue weighted by Crippen LogP contribution is -2.22. The van der Waals surface area contributed by atoms with Crippen molar-refractivity contribution in [2.24, 2.45) is 0 Å². The van der Waals surface area contributed by atoms with Gasteiger partial charge < -0.3 is 9.80 Å². The molecular formula is C48H32N2S. The summed E-state index contributed by atoms with van der Waals surface area (Å²) in [7, 11) is 0. The lowest BCUT2D eigenvalue weighted by Gasteiger charge is -2.32. The molecule has 1 atom stereocenters. The molecule has 0 saturated carbocycles. The third-order valence-electron chi connectivity index (χ3n) is 10.9. The van der Waals surface area contributed by atoms with Crippen molar-refractivity contribution < 1.29 is 0 Å². The first-order chi connectivity index (χ1) is 25.3. The van der Waals surface area contributed by atoms with Crippen LogP contribution < -0.4 is 9.80 Å². The minimum Gasteiger partial charge on any atom is -0.313 e. The van der Waals surface area contributed by atoms with Crippen molar-refractivity contribution in [1.82, 2.24) is 0 Å². The Labute approximate surface area is 300 Å². The summed E-state index contributed by atoms with van der Waals surface area (Å²) in [6, 6.07) is 60.3. The number of hydrogen-bond donors (Lipinski definition) is 0. The van der Waals surface area contributed by atoms with Gasteiger partial charge in [0.1, 0.15) is 0 Å². The largest absolute Gasteiger partial charge is 0.313 e. The van der Waals surface area contributed by atoms with E-state index in [0.717, 1.165) is 12.1 Å². The first-order valence-electron chi connectivity index (χ1n) is 17.7. The Bertz CT molecular complexity index is 2920. The number of allylic oxidation sites excluding steroid dienone is 3. The molecule has 0 radical (unpaired) electrons. The number of nitrogens with zero attached hydrogens (tertiary/aromatic N) is 2. The van der Waals surface area contributed by atoms with Gasteiger partial charge in [0.2, 0.25) is 0 Å². The number of rotatable bonds is 4. The number of fused-ring (bicyclic) bond motifs is 11. The molecule has 1 aliphatic carbocycles. The fourth-order valence-corrected chi connectivity index (χ4v) is 9.83. The third-order valence-corrected chi connectivity index (χ3v) is 12.1. The Balaban J connectivity index is 1.15. The molecule has 240 valence electrons. The molecule has 1 aromatic heterocycles. The summed E-state index contributed by atoms with van der Waals surface area (Å²) in [5.41, 5.74) is 8.77. The van der Waals surface area contributed by atoms with E-state index in [0.29, 0.717) is 5.92 Å². The molecule has 0 N–H and O–H groups in total. The number of benzene rings is 8. The molecular weight excluding hydrogens is 637 g/mol. The molecule has 2 aliphatic rings. The SMILES string of the molecule is C1=C2C(CC=C1N(c1ccc3c(ccc4ccc5ccccc5c43)c1)c1cccc3c1sc1ccccc13)c1ccccc1N2c1ccccc1. The third kappa shape index (κ3) is 4.35. The maximum Gasteiger partial charge on any atom is 0.0640 e. The molecule has 0 saturated heterocycles. The quantitative estimate of drug-likeness (QED) is 0.172. The van der Waals surface area contributed by atoms with Gasteiger partial charge in [0.25, 0.3) is 0 Å². The molecule has 2 nitrogen and oxygen atoms in total. The van der Waals surface area contributed by atoms with E-state index in [-0.39, 0.29) is 0 Å². The number of thiophene rings is 1. The lowest BCUT2D eigenvalue weighted by atomic mass is 9.90. The van der Waals surface area contributed by atoms with Crippen LogP contribution in [0.4, 0.5) is 22.7 Å². The second kappa shape index (κ2) is 11.2. The van der Waals surface area contributed by atoms with Gasteiger partial charge in [-0.1, -0.05) is 127 Å². The van der Waals surface area contributed by atoms with E-state index in [2.05, 4.69) is 186 Å². The van der Waals surface area contributed by atoms with Crippen molar-refractivity contribution in [3.8, 4) is 0 Å². The van der Waals surface area contributed by atoms with Crippen LogP contribution in [0.2, 0.25) is 0 Å². The van der Waals surface area contributed by atoms with Crippen LogP contribution in [-0.4, -0.2) is 0 Å². The fraction of sp³-hybridized carbons (Fsp3) is 0.0417. The predicted molar refractivity (Wildman–Crippen MR) is 219 cm³/mol. The number of anilines is 4. The molecule has 0 amide bonds. The molecule has 11 rings (SSSR count). The molecule has 51 heavy (non-hydrogen) atoms. The molecule has 2 heterocycles. The predicted octanol–water partition coefficient (Wildman–Crippen LogP) is 13.8. The van der Waals surface area contributed by atoms with Gasteiger partial charge in [0, 0.05) is 49.8 Å². The zero-order valence-corrected chi connectivity index (χ0v) is 28.6. The van der Waals surface area contributed by atoms with E-state index >= 15 is 0 Å². The van der Waals surface area contributed by atoms with Crippen molar-refractivity contribution in [3.05, 3.63) is 193 Å². The summed E-state index contributed by atoms with van der Waals surface area (Å²) >= 11 is 1.89. The highest BCUT2D eigenvalue weighted by molar-refractivity contribution is 7.26. The highest BCUT2D eigenvalue weighted by Crippen LogP contribution is 2.53. The monoisotopic (exact) mass is 668 g/mol. The van der Waals surface area contributed by atoms with Crippen LogP contribution >= 0.6 is 11.3 Å². The van der Waals surface area contributed by atoms with Crippen molar-refractivity contribution in [3.63, 3.8) is 0 Å². The Kier molecular flexibility index (Phi) is 6.28. The van der Waals surface area contributed by atoms with Crippen LogP contribution in [0.3, 0.4) is 0 Å². The van der Waals surface area contributed by atoms with E-state index < -0.39 is 0 Å². The van der Waals surface area contributed by atoms with Gasteiger partial charge in [-0.3, -0.25) is 0 Å². The molecule has 3 heteroatoms. The second-order valence-electron chi connectivity index (χ2n) is 13.7. The highest BCUT2D eigenvalue weighted by Gasteiger charge is 2.36. The van der Waals surface area contributed by atoms with Gasteiger partial charge in [-0.05, 0) is 92.8 Å². The van der Waals surface area contributed by atoms with E-state index in [1.807, 2.05) is 11.3 Å². The van der Waals surface area contributed by atoms with Gasteiger partial charge in [-0.2, -0.15) is 0 Å². The maximum atomic E-state index is 2.51. The number of para-hydroxylation sites is 2. The summed E-state index contributed by atoms with van der Waals surface area (Å²) in [4.78, 5) is 4.99. The van der Waals surface area contributed by atoms with E-state index in [1.54, 1.807) is 0 Å². The Morgan fingerprint density at radius 1 is 0.569 bits per heavy atom. The van der Waals surface area contributed by atoms with E-state index in [1.165, 1.54) is 86.5 Å². The highest BCUT2D eigenvalue weighted by atomic mass is 32.1. The summed E-state index contributed by atoms with van der Waals surface area (Å²) in [6.07, 6.45) is 5.85. The zero-order chi connectivity index (χ0) is 33.5. The molecule has 1 unspecified atom stereocenters. The van der Waals surface area contributed by atoms with Crippen LogP contribution in [0.1, 0.15) is 17.9 Å². The lowest BCUT2D eigenvalue weighted by molar-refractivity contribution is 0.806. The fourth-order valence-electron chi connectivity index (χ4n) is 8.62. The van der Waals surface area contributed by atoms with Gasteiger partial charge in [0.05, 0.1) is 10.4 Å². The van der Waals surface area contributed by atoms with E-state index in [4.69, 9.17) is 0 Å². The first-order valence-corrected chi connectivity index (χ1v) is 18.5. The van der Waals surface area contributed by atoms with Gasteiger partial charge >= 0.3 is 0 Å². The maximum absolute atomic E-state index is 2.51. The molecule has 0 fully saturated rings. The Hall–Kier alpha value is -6.16. The second-order valence-corrected chi connectivity index (χ2v) is 14.7. The minimum absolute atomic E-state index is 0.309. The molecule has 8 aromatic carbocycles. The average molecular weight is 669 g/mol. The normalized spacial score (nSPS) is 15.4. The van der Waals surface area contributed by atoms with Crippen LogP contribution in [-0.2, 0) is 0 Å². The van der Waals surface area contributed by atoms with Crippen molar-refractivity contribution in [2.75, 3.05) is 9.80 Å². The van der Waals surface area contributed by atoms with Crippen LogP contribution in [0.25, 0.3) is 52.5 Å². The van der Waals surface area contributed by atoms with Crippen LogP contribution in [0.15, 0.2) is 187 Å². The Morgan fingerprint density at radius 2 is 1.29 bits per heavy atom. The molecule has 9 aromatic rings. The van der Waals surface area contributed by atoms with Crippen molar-refractivity contribution in [1.29, 1.82) is 0 Å². The summed E-state index contributed by atoms with van der Waals surface area (Å²) in [5, 5.41) is 10.3. The summed E-state index contributed by atoms with van der Waals surface area (Å²) in [6.45, 7) is 0. The van der Waals surface area contributed by atoms with Crippen LogP contribution in [0, 0.1) is 0 Å². The van der Waals surface area contributed by atoms with Gasteiger partial charge in [0.15, 0.2) is 0 Å². The standard InChI is InChI=1S/C48H32N2S/c1-2-12-34(13-3-1)50-43-18-8-6-15-39(43)40-28-26-36(30-45(40)50)49(44-19-10-17-42-41-16-7-9-20-46(41)51-48(42)44)35-25-27-38-33(29-35)24-23-32-22-21-31-11-4-5-14-37(31)47(32)38/h1-27,29-30,40H,28H2. The van der Waals surface area contributed by atoms with Crippen molar-refractivity contribution >= 4 is 86.6 Å². The summed E-state index contributed by atoms with van der Waals surface area (Å²) < 4.78 is 2.62. The molecule has 1 aliphatic heterocycles. The minimum atomic E-state index is 0.309. The van der Waals surface area contributed by atoms with Crippen LogP contribution in [0.5, 0.6) is 0 Å². The first kappa shape index (κ1) is 28.7. The van der Waals surface area contributed by atoms with Gasteiger partial charge in [-0.25, -0.2) is 0 Å².